The number of carboxylic acid groups (broad SMARTS) is 1. The maximum atomic E-state index is 13.1. The van der Waals surface area contributed by atoms with Gasteiger partial charge in [-0.1, -0.05) is 0 Å². The van der Waals surface area contributed by atoms with Gasteiger partial charge < -0.3 is 14.7 Å². The zero-order chi connectivity index (χ0) is 14.7. The molecule has 1 N–H and O–H groups in total. The van der Waals surface area contributed by atoms with Crippen LogP contribution in [0.15, 0.2) is 18.2 Å². The van der Waals surface area contributed by atoms with Crippen molar-refractivity contribution in [2.24, 2.45) is 0 Å². The number of halogens is 2. The van der Waals surface area contributed by atoms with Gasteiger partial charge in [-0.25, -0.2) is 8.78 Å². The molecule has 1 atom stereocenters. The van der Waals surface area contributed by atoms with Crippen LogP contribution >= 0.6 is 0 Å². The highest BCUT2D eigenvalue weighted by Crippen LogP contribution is 2.17. The number of carboxylic acids is 1. The number of ether oxygens (including phenoxy) is 1. The molecule has 0 aromatic heterocycles. The SMILES string of the molecule is O=C(O)CC1COCCN1C(=O)c1cc(F)cc(F)c1. The van der Waals surface area contributed by atoms with Crippen molar-refractivity contribution in [3.8, 4) is 0 Å². The lowest BCUT2D eigenvalue weighted by molar-refractivity contribution is -0.139. The van der Waals surface area contributed by atoms with Crippen molar-refractivity contribution in [3.05, 3.63) is 35.4 Å². The van der Waals surface area contributed by atoms with Crippen LogP contribution in [0.2, 0.25) is 0 Å². The van der Waals surface area contributed by atoms with Crippen LogP contribution in [0.1, 0.15) is 16.8 Å². The second kappa shape index (κ2) is 5.96. The molecule has 20 heavy (non-hydrogen) atoms. The summed E-state index contributed by atoms with van der Waals surface area (Å²) >= 11 is 0. The van der Waals surface area contributed by atoms with E-state index < -0.39 is 29.6 Å². The van der Waals surface area contributed by atoms with Crippen molar-refractivity contribution < 1.29 is 28.2 Å². The second-order valence-corrected chi connectivity index (χ2v) is 4.48. The molecule has 1 saturated heterocycles. The topological polar surface area (TPSA) is 66.8 Å². The van der Waals surface area contributed by atoms with Crippen molar-refractivity contribution in [2.75, 3.05) is 19.8 Å². The molecule has 1 aromatic carbocycles. The van der Waals surface area contributed by atoms with E-state index in [2.05, 4.69) is 0 Å². The van der Waals surface area contributed by atoms with Crippen molar-refractivity contribution in [3.63, 3.8) is 0 Å². The number of amides is 1. The van der Waals surface area contributed by atoms with Crippen LogP contribution in [0.3, 0.4) is 0 Å². The van der Waals surface area contributed by atoms with Crippen molar-refractivity contribution >= 4 is 11.9 Å². The van der Waals surface area contributed by atoms with Crippen LogP contribution in [-0.4, -0.2) is 47.7 Å². The summed E-state index contributed by atoms with van der Waals surface area (Å²) in [4.78, 5) is 24.3. The van der Waals surface area contributed by atoms with Crippen LogP contribution < -0.4 is 0 Å². The van der Waals surface area contributed by atoms with Crippen molar-refractivity contribution in [2.45, 2.75) is 12.5 Å². The van der Waals surface area contributed by atoms with E-state index in [4.69, 9.17) is 9.84 Å². The summed E-state index contributed by atoms with van der Waals surface area (Å²) in [7, 11) is 0. The van der Waals surface area contributed by atoms with Crippen LogP contribution in [0.25, 0.3) is 0 Å². The minimum Gasteiger partial charge on any atom is -0.481 e. The normalized spacial score (nSPS) is 18.9. The molecule has 0 radical (unpaired) electrons. The van der Waals surface area contributed by atoms with Crippen molar-refractivity contribution in [1.29, 1.82) is 0 Å². The summed E-state index contributed by atoms with van der Waals surface area (Å²) in [6.45, 7) is 0.546. The van der Waals surface area contributed by atoms with E-state index in [1.165, 1.54) is 4.90 Å². The fraction of sp³-hybridized carbons (Fsp3) is 0.385. The first-order chi connectivity index (χ1) is 9.47. The molecular weight excluding hydrogens is 272 g/mol. The predicted octanol–water partition coefficient (Wildman–Crippen LogP) is 1.28. The molecule has 1 aromatic rings. The Morgan fingerprint density at radius 2 is 1.95 bits per heavy atom. The van der Waals surface area contributed by atoms with Gasteiger partial charge in [0.05, 0.1) is 25.7 Å². The fourth-order valence-corrected chi connectivity index (χ4v) is 2.14. The molecule has 0 spiro atoms. The Bertz CT molecular complexity index is 515. The minimum absolute atomic E-state index is 0.0931. The van der Waals surface area contributed by atoms with Gasteiger partial charge in [-0.05, 0) is 12.1 Å². The molecule has 2 rings (SSSR count). The Kier molecular flexibility index (Phi) is 4.29. The van der Waals surface area contributed by atoms with E-state index in [1.54, 1.807) is 0 Å². The maximum absolute atomic E-state index is 13.1. The van der Waals surface area contributed by atoms with Gasteiger partial charge >= 0.3 is 5.97 Å². The third-order valence-electron chi connectivity index (χ3n) is 3.01. The Balaban J connectivity index is 2.22. The van der Waals surface area contributed by atoms with Crippen LogP contribution in [-0.2, 0) is 9.53 Å². The molecule has 1 aliphatic rings. The largest absolute Gasteiger partial charge is 0.481 e. The Morgan fingerprint density at radius 3 is 2.55 bits per heavy atom. The molecule has 0 aliphatic carbocycles. The predicted molar refractivity (Wildman–Crippen MR) is 64.3 cm³/mol. The minimum atomic E-state index is -1.07. The van der Waals surface area contributed by atoms with Gasteiger partial charge in [-0.3, -0.25) is 9.59 Å². The summed E-state index contributed by atoms with van der Waals surface area (Å²) in [5.41, 5.74) is -0.139. The van der Waals surface area contributed by atoms with Gasteiger partial charge in [0.25, 0.3) is 5.91 Å². The highest BCUT2D eigenvalue weighted by molar-refractivity contribution is 5.94. The number of nitrogens with zero attached hydrogens (tertiary/aromatic N) is 1. The first-order valence-corrected chi connectivity index (χ1v) is 6.04. The molecule has 1 amide bonds. The highest BCUT2D eigenvalue weighted by atomic mass is 19.1. The summed E-state index contributed by atoms with van der Waals surface area (Å²) in [6.07, 6.45) is -0.274. The summed E-state index contributed by atoms with van der Waals surface area (Å²) in [5.74, 6) is -3.37. The fourth-order valence-electron chi connectivity index (χ4n) is 2.14. The molecule has 0 bridgehead atoms. The molecule has 1 fully saturated rings. The second-order valence-electron chi connectivity index (χ2n) is 4.48. The number of benzene rings is 1. The van der Waals surface area contributed by atoms with Crippen LogP contribution in [0.5, 0.6) is 0 Å². The first-order valence-electron chi connectivity index (χ1n) is 6.04. The zero-order valence-corrected chi connectivity index (χ0v) is 10.5. The third kappa shape index (κ3) is 3.30. The van der Waals surface area contributed by atoms with Gasteiger partial charge in [0.15, 0.2) is 0 Å². The van der Waals surface area contributed by atoms with E-state index >= 15 is 0 Å². The summed E-state index contributed by atoms with van der Waals surface area (Å²) in [6, 6.07) is 1.89. The summed E-state index contributed by atoms with van der Waals surface area (Å²) in [5, 5.41) is 8.81. The first kappa shape index (κ1) is 14.4. The van der Waals surface area contributed by atoms with E-state index in [9.17, 15) is 18.4 Å². The maximum Gasteiger partial charge on any atom is 0.305 e. The average molecular weight is 285 g/mol. The van der Waals surface area contributed by atoms with Crippen molar-refractivity contribution in [1.82, 2.24) is 4.90 Å². The standard InChI is InChI=1S/C13H13F2NO4/c14-9-3-8(4-10(15)5-9)13(19)16-1-2-20-7-11(16)6-12(17)18/h3-5,11H,1-2,6-7H2,(H,17,18). The average Bonchev–Trinajstić information content (AvgIpc) is 2.36. The molecule has 1 heterocycles. The number of hydrogen-bond donors (Lipinski definition) is 1. The van der Waals surface area contributed by atoms with Gasteiger partial charge in [-0.15, -0.1) is 0 Å². The number of morpholine rings is 1. The molecule has 1 unspecified atom stereocenters. The van der Waals surface area contributed by atoms with Gasteiger partial charge in [0, 0.05) is 18.2 Å². The monoisotopic (exact) mass is 285 g/mol. The highest BCUT2D eigenvalue weighted by Gasteiger charge is 2.30. The third-order valence-corrected chi connectivity index (χ3v) is 3.01. The summed E-state index contributed by atoms with van der Waals surface area (Å²) < 4.78 is 31.4. The lowest BCUT2D eigenvalue weighted by Crippen LogP contribution is -2.49. The number of aliphatic carboxylic acids is 1. The van der Waals surface area contributed by atoms with E-state index in [-0.39, 0.29) is 31.7 Å². The van der Waals surface area contributed by atoms with Gasteiger partial charge in [0.1, 0.15) is 11.6 Å². The number of rotatable bonds is 3. The molecule has 0 saturated carbocycles. The number of hydrogen-bond acceptors (Lipinski definition) is 3. The smallest absolute Gasteiger partial charge is 0.305 e. The van der Waals surface area contributed by atoms with Gasteiger partial charge in [-0.2, -0.15) is 0 Å². The Morgan fingerprint density at radius 1 is 1.30 bits per heavy atom. The Hall–Kier alpha value is -2.02. The molecule has 5 nitrogen and oxygen atoms in total. The molecular formula is C13H13F2NO4. The van der Waals surface area contributed by atoms with E-state index in [1.807, 2.05) is 0 Å². The quantitative estimate of drug-likeness (QED) is 0.908. The number of carbonyl (C=O) groups is 2. The molecule has 7 heteroatoms. The molecule has 108 valence electrons. The zero-order valence-electron chi connectivity index (χ0n) is 10.5. The number of carbonyl (C=O) groups excluding carboxylic acids is 1. The lowest BCUT2D eigenvalue weighted by Gasteiger charge is -2.34. The van der Waals surface area contributed by atoms with Crippen LogP contribution in [0, 0.1) is 11.6 Å². The van der Waals surface area contributed by atoms with Gasteiger partial charge in [0.2, 0.25) is 0 Å². The Labute approximate surface area is 113 Å². The van der Waals surface area contributed by atoms with E-state index in [0.29, 0.717) is 6.07 Å². The van der Waals surface area contributed by atoms with Crippen LogP contribution in [0.4, 0.5) is 8.78 Å². The lowest BCUT2D eigenvalue weighted by atomic mass is 10.1. The molecule has 1 aliphatic heterocycles. The van der Waals surface area contributed by atoms with E-state index in [0.717, 1.165) is 12.1 Å².